The first-order valence-electron chi connectivity index (χ1n) is 9.56. The summed E-state index contributed by atoms with van der Waals surface area (Å²) in [4.78, 5) is 24.8. The molecule has 0 rings (SSSR count). The van der Waals surface area contributed by atoms with Crippen LogP contribution in [0.4, 0.5) is 13.2 Å². The molecular weight excluding hydrogens is 377 g/mol. The number of alkyl halides is 3. The van der Waals surface area contributed by atoms with E-state index < -0.39 is 47.1 Å². The molecule has 0 saturated carbocycles. The van der Waals surface area contributed by atoms with Crippen LogP contribution in [0.25, 0.3) is 0 Å². The molecule has 3 atom stereocenters. The molecule has 0 fully saturated rings. The van der Waals surface area contributed by atoms with Gasteiger partial charge in [-0.25, -0.2) is 0 Å². The van der Waals surface area contributed by atoms with Gasteiger partial charge in [0.15, 0.2) is 5.60 Å². The lowest BCUT2D eigenvalue weighted by molar-refractivity contribution is -0.268. The number of aliphatic hydroxyl groups is 1. The Morgan fingerprint density at radius 1 is 1.04 bits per heavy atom. The summed E-state index contributed by atoms with van der Waals surface area (Å²) in [6, 6.07) is 0. The van der Waals surface area contributed by atoms with Gasteiger partial charge in [0, 0.05) is 6.42 Å². The summed E-state index contributed by atoms with van der Waals surface area (Å²) in [6.07, 6.45) is -5.18. The Labute approximate surface area is 166 Å². The Bertz CT molecular complexity index is 540. The van der Waals surface area contributed by atoms with Crippen LogP contribution in [0.1, 0.15) is 74.7 Å². The standard InChI is InChI=1S/C20H35F3O5/c1-9-18(7,10-14(4)15(24)27-11-13(2)3)16(25)28-17(5,6)12-19(8,26)20(21,22)23/h13-14,26H,9-12H2,1-8H3. The highest BCUT2D eigenvalue weighted by Gasteiger charge is 2.53. The molecule has 0 amide bonds. The van der Waals surface area contributed by atoms with Gasteiger partial charge in [0.1, 0.15) is 5.60 Å². The van der Waals surface area contributed by atoms with Gasteiger partial charge in [0.25, 0.3) is 0 Å². The summed E-state index contributed by atoms with van der Waals surface area (Å²) in [5.74, 6) is -1.53. The fourth-order valence-electron chi connectivity index (χ4n) is 2.86. The van der Waals surface area contributed by atoms with Gasteiger partial charge in [-0.15, -0.1) is 0 Å². The van der Waals surface area contributed by atoms with Crippen molar-refractivity contribution in [2.24, 2.45) is 17.3 Å². The van der Waals surface area contributed by atoms with Crippen molar-refractivity contribution in [3.63, 3.8) is 0 Å². The maximum absolute atomic E-state index is 12.9. The second kappa shape index (κ2) is 9.46. The van der Waals surface area contributed by atoms with Crippen LogP contribution in [-0.2, 0) is 19.1 Å². The molecule has 0 aliphatic carbocycles. The van der Waals surface area contributed by atoms with Crippen molar-refractivity contribution < 1.29 is 37.3 Å². The third kappa shape index (κ3) is 7.97. The van der Waals surface area contributed by atoms with Gasteiger partial charge in [-0.1, -0.05) is 27.7 Å². The summed E-state index contributed by atoms with van der Waals surface area (Å²) in [5.41, 5.74) is -5.61. The van der Waals surface area contributed by atoms with Gasteiger partial charge in [-0.3, -0.25) is 9.59 Å². The predicted octanol–water partition coefficient (Wildman–Crippen LogP) is 4.65. The molecule has 0 saturated heterocycles. The molecule has 0 radical (unpaired) electrons. The number of carbonyl (C=O) groups is 2. The highest BCUT2D eigenvalue weighted by Crippen LogP contribution is 2.39. The molecule has 0 aromatic heterocycles. The first-order chi connectivity index (χ1) is 12.4. The highest BCUT2D eigenvalue weighted by atomic mass is 19.4. The number of halogens is 3. The molecule has 0 heterocycles. The maximum atomic E-state index is 12.9. The molecule has 0 aliphatic rings. The number of carbonyl (C=O) groups excluding carboxylic acids is 2. The minimum Gasteiger partial charge on any atom is -0.465 e. The molecule has 0 spiro atoms. The van der Waals surface area contributed by atoms with Crippen molar-refractivity contribution in [2.75, 3.05) is 6.61 Å². The smallest absolute Gasteiger partial charge is 0.417 e. The minimum absolute atomic E-state index is 0.144. The minimum atomic E-state index is -4.85. The number of ether oxygens (including phenoxy) is 2. The Hall–Kier alpha value is -1.31. The zero-order valence-corrected chi connectivity index (χ0v) is 18.2. The molecule has 1 N–H and O–H groups in total. The predicted molar refractivity (Wildman–Crippen MR) is 99.4 cm³/mol. The van der Waals surface area contributed by atoms with E-state index in [1.165, 1.54) is 13.8 Å². The maximum Gasteiger partial charge on any atom is 0.417 e. The Balaban J connectivity index is 5.16. The molecule has 0 bridgehead atoms. The van der Waals surface area contributed by atoms with E-state index in [-0.39, 0.29) is 18.9 Å². The van der Waals surface area contributed by atoms with E-state index in [1.807, 2.05) is 13.8 Å². The van der Waals surface area contributed by atoms with Crippen LogP contribution in [0.15, 0.2) is 0 Å². The van der Waals surface area contributed by atoms with E-state index in [0.717, 1.165) is 0 Å². The number of rotatable bonds is 10. The second-order valence-corrected chi connectivity index (χ2v) is 9.14. The summed E-state index contributed by atoms with van der Waals surface area (Å²) in [6.45, 7) is 12.4. The normalized spacial score (nSPS) is 18.2. The molecular formula is C20H35F3O5. The van der Waals surface area contributed by atoms with Crippen LogP contribution in [0.3, 0.4) is 0 Å². The fraction of sp³-hybridized carbons (Fsp3) is 0.900. The van der Waals surface area contributed by atoms with Crippen molar-refractivity contribution in [3.8, 4) is 0 Å². The van der Waals surface area contributed by atoms with Gasteiger partial charge >= 0.3 is 18.1 Å². The summed E-state index contributed by atoms with van der Waals surface area (Å²) in [5, 5.41) is 9.70. The lowest BCUT2D eigenvalue weighted by Crippen LogP contribution is -2.49. The largest absolute Gasteiger partial charge is 0.465 e. The quantitative estimate of drug-likeness (QED) is 0.529. The molecule has 166 valence electrons. The van der Waals surface area contributed by atoms with Gasteiger partial charge in [-0.05, 0) is 46.5 Å². The zero-order valence-electron chi connectivity index (χ0n) is 18.2. The van der Waals surface area contributed by atoms with Crippen LogP contribution in [0.2, 0.25) is 0 Å². The SMILES string of the molecule is CCC(C)(CC(C)C(=O)OCC(C)C)C(=O)OC(C)(C)CC(C)(O)C(F)(F)F. The topological polar surface area (TPSA) is 72.8 Å². The van der Waals surface area contributed by atoms with Crippen LogP contribution in [0.5, 0.6) is 0 Å². The zero-order chi connectivity index (χ0) is 22.6. The van der Waals surface area contributed by atoms with Crippen LogP contribution in [0, 0.1) is 17.3 Å². The van der Waals surface area contributed by atoms with Crippen molar-refractivity contribution in [1.82, 2.24) is 0 Å². The molecule has 28 heavy (non-hydrogen) atoms. The number of hydrogen-bond acceptors (Lipinski definition) is 5. The second-order valence-electron chi connectivity index (χ2n) is 9.14. The lowest BCUT2D eigenvalue weighted by atomic mass is 9.79. The Morgan fingerprint density at radius 3 is 1.93 bits per heavy atom. The van der Waals surface area contributed by atoms with Gasteiger partial charge in [-0.2, -0.15) is 13.2 Å². The van der Waals surface area contributed by atoms with E-state index in [9.17, 15) is 27.9 Å². The number of hydrogen-bond donors (Lipinski definition) is 1. The van der Waals surface area contributed by atoms with Gasteiger partial charge < -0.3 is 14.6 Å². The van der Waals surface area contributed by atoms with E-state index in [2.05, 4.69) is 0 Å². The lowest BCUT2D eigenvalue weighted by Gasteiger charge is -2.37. The third-order valence-electron chi connectivity index (χ3n) is 4.74. The van der Waals surface area contributed by atoms with Gasteiger partial charge in [0.2, 0.25) is 0 Å². The molecule has 8 heteroatoms. The van der Waals surface area contributed by atoms with E-state index in [1.54, 1.807) is 20.8 Å². The van der Waals surface area contributed by atoms with E-state index in [4.69, 9.17) is 9.47 Å². The van der Waals surface area contributed by atoms with E-state index >= 15 is 0 Å². The Morgan fingerprint density at radius 2 is 1.54 bits per heavy atom. The van der Waals surface area contributed by atoms with Crippen LogP contribution < -0.4 is 0 Å². The van der Waals surface area contributed by atoms with Gasteiger partial charge in [0.05, 0.1) is 17.9 Å². The van der Waals surface area contributed by atoms with E-state index in [0.29, 0.717) is 13.3 Å². The molecule has 3 unspecified atom stereocenters. The average molecular weight is 412 g/mol. The first-order valence-corrected chi connectivity index (χ1v) is 9.56. The molecule has 0 aliphatic heterocycles. The highest BCUT2D eigenvalue weighted by molar-refractivity contribution is 5.79. The van der Waals surface area contributed by atoms with Crippen molar-refractivity contribution in [2.45, 2.75) is 92.0 Å². The third-order valence-corrected chi connectivity index (χ3v) is 4.74. The first kappa shape index (κ1) is 26.7. The fourth-order valence-corrected chi connectivity index (χ4v) is 2.86. The van der Waals surface area contributed by atoms with Crippen molar-refractivity contribution in [1.29, 1.82) is 0 Å². The molecule has 5 nitrogen and oxygen atoms in total. The number of esters is 2. The molecule has 0 aromatic carbocycles. The summed E-state index contributed by atoms with van der Waals surface area (Å²) >= 11 is 0. The monoisotopic (exact) mass is 412 g/mol. The summed E-state index contributed by atoms with van der Waals surface area (Å²) in [7, 11) is 0. The van der Waals surface area contributed by atoms with Crippen LogP contribution in [-0.4, -0.2) is 41.0 Å². The average Bonchev–Trinajstić information content (AvgIpc) is 2.49. The van der Waals surface area contributed by atoms with Crippen molar-refractivity contribution >= 4 is 11.9 Å². The van der Waals surface area contributed by atoms with Crippen molar-refractivity contribution in [3.05, 3.63) is 0 Å². The molecule has 0 aromatic rings. The van der Waals surface area contributed by atoms with Crippen LogP contribution >= 0.6 is 0 Å². The summed E-state index contributed by atoms with van der Waals surface area (Å²) < 4.78 is 49.4. The Kier molecular flexibility index (Phi) is 9.02.